The molecule has 1 heterocycles. The summed E-state index contributed by atoms with van der Waals surface area (Å²) < 4.78 is 0. The van der Waals surface area contributed by atoms with Gasteiger partial charge in [0, 0.05) is 30.2 Å². The zero-order chi connectivity index (χ0) is 19.3. The minimum Gasteiger partial charge on any atom is -0.376 e. The van der Waals surface area contributed by atoms with Crippen molar-refractivity contribution < 1.29 is 4.79 Å². The van der Waals surface area contributed by atoms with Crippen molar-refractivity contribution in [2.45, 2.75) is 45.4 Å². The van der Waals surface area contributed by atoms with E-state index in [2.05, 4.69) is 60.6 Å². The maximum Gasteiger partial charge on any atom is 0.243 e. The van der Waals surface area contributed by atoms with Crippen molar-refractivity contribution in [2.24, 2.45) is 0 Å². The third-order valence-corrected chi connectivity index (χ3v) is 5.08. The lowest BCUT2D eigenvalue weighted by atomic mass is 9.87. The van der Waals surface area contributed by atoms with Gasteiger partial charge in [0.15, 0.2) is 0 Å². The van der Waals surface area contributed by atoms with Crippen molar-refractivity contribution in [3.05, 3.63) is 54.1 Å². The number of nitrogens with one attached hydrogen (secondary N) is 2. The summed E-state index contributed by atoms with van der Waals surface area (Å²) in [5.41, 5.74) is 4.45. The van der Waals surface area contributed by atoms with Crippen LogP contribution in [-0.2, 0) is 10.2 Å². The van der Waals surface area contributed by atoms with E-state index < -0.39 is 0 Å². The summed E-state index contributed by atoms with van der Waals surface area (Å²) in [6, 6.07) is 16.4. The normalized spacial score (nSPS) is 14.7. The van der Waals surface area contributed by atoms with Crippen molar-refractivity contribution in [1.29, 1.82) is 0 Å². The highest BCUT2D eigenvalue weighted by atomic mass is 16.1. The average molecular weight is 366 g/mol. The predicted octanol–water partition coefficient (Wildman–Crippen LogP) is 5.03. The third kappa shape index (κ3) is 5.49. The van der Waals surface area contributed by atoms with Gasteiger partial charge in [-0.15, -0.1) is 0 Å². The Morgan fingerprint density at radius 1 is 0.889 bits per heavy atom. The van der Waals surface area contributed by atoms with E-state index in [1.165, 1.54) is 30.5 Å². The molecule has 0 radical (unpaired) electrons. The molecule has 1 aliphatic rings. The fraction of sp³-hybridized carbons (Fsp3) is 0.435. The Hall–Kier alpha value is -2.49. The van der Waals surface area contributed by atoms with Crippen LogP contribution < -0.4 is 15.5 Å². The smallest absolute Gasteiger partial charge is 0.243 e. The molecule has 1 aliphatic heterocycles. The number of amides is 1. The maximum atomic E-state index is 12.2. The van der Waals surface area contributed by atoms with Gasteiger partial charge < -0.3 is 15.5 Å². The molecule has 0 unspecified atom stereocenters. The Balaban J connectivity index is 1.49. The molecule has 0 bridgehead atoms. The molecule has 0 aromatic heterocycles. The Kier molecular flexibility index (Phi) is 6.04. The summed E-state index contributed by atoms with van der Waals surface area (Å²) in [6.07, 6.45) is 3.86. The van der Waals surface area contributed by atoms with Gasteiger partial charge in [0.1, 0.15) is 0 Å². The first-order valence-corrected chi connectivity index (χ1v) is 9.91. The molecule has 0 spiro atoms. The summed E-state index contributed by atoms with van der Waals surface area (Å²) in [6.45, 7) is 9.09. The van der Waals surface area contributed by atoms with Crippen LogP contribution in [0.5, 0.6) is 0 Å². The van der Waals surface area contributed by atoms with Gasteiger partial charge in [-0.3, -0.25) is 4.79 Å². The second-order valence-electron chi connectivity index (χ2n) is 8.32. The molecule has 4 nitrogen and oxygen atoms in total. The molecule has 0 atom stereocenters. The number of benzene rings is 2. The molecule has 4 heteroatoms. The fourth-order valence-corrected chi connectivity index (χ4v) is 3.38. The van der Waals surface area contributed by atoms with Gasteiger partial charge in [-0.25, -0.2) is 0 Å². The van der Waals surface area contributed by atoms with Crippen LogP contribution in [-0.4, -0.2) is 25.5 Å². The van der Waals surface area contributed by atoms with E-state index in [1.54, 1.807) is 0 Å². The molecule has 2 aromatic rings. The quantitative estimate of drug-likeness (QED) is 0.781. The summed E-state index contributed by atoms with van der Waals surface area (Å²) in [5, 5.41) is 6.14. The van der Waals surface area contributed by atoms with Gasteiger partial charge in [0.25, 0.3) is 0 Å². The monoisotopic (exact) mass is 365 g/mol. The van der Waals surface area contributed by atoms with Crippen LogP contribution in [0.2, 0.25) is 0 Å². The number of anilines is 3. The number of hydrogen-bond acceptors (Lipinski definition) is 3. The van der Waals surface area contributed by atoms with Gasteiger partial charge >= 0.3 is 0 Å². The second-order valence-corrected chi connectivity index (χ2v) is 8.32. The Bertz CT molecular complexity index is 739. The number of carbonyl (C=O) groups is 1. The van der Waals surface area contributed by atoms with Gasteiger partial charge in [-0.2, -0.15) is 0 Å². The lowest BCUT2D eigenvalue weighted by molar-refractivity contribution is -0.114. The van der Waals surface area contributed by atoms with Crippen LogP contribution in [0.15, 0.2) is 48.5 Å². The second kappa shape index (κ2) is 8.47. The van der Waals surface area contributed by atoms with Crippen molar-refractivity contribution >= 4 is 23.0 Å². The highest BCUT2D eigenvalue weighted by molar-refractivity contribution is 5.93. The van der Waals surface area contributed by atoms with Crippen LogP contribution in [0, 0.1) is 0 Å². The van der Waals surface area contributed by atoms with Gasteiger partial charge in [0.05, 0.1) is 6.54 Å². The van der Waals surface area contributed by atoms with E-state index in [4.69, 9.17) is 0 Å². The van der Waals surface area contributed by atoms with Crippen molar-refractivity contribution in [2.75, 3.05) is 35.2 Å². The first-order chi connectivity index (χ1) is 12.9. The highest BCUT2D eigenvalue weighted by Crippen LogP contribution is 2.24. The van der Waals surface area contributed by atoms with Gasteiger partial charge in [-0.05, 0) is 66.6 Å². The SMILES string of the molecule is CC(C)(C)c1ccc(NCC(=O)Nc2ccc(N3CCCCC3)cc2)cc1. The van der Waals surface area contributed by atoms with Crippen LogP contribution in [0.25, 0.3) is 0 Å². The summed E-state index contributed by atoms with van der Waals surface area (Å²) in [4.78, 5) is 14.6. The molecule has 27 heavy (non-hydrogen) atoms. The van der Waals surface area contributed by atoms with E-state index >= 15 is 0 Å². The van der Waals surface area contributed by atoms with Crippen LogP contribution in [0.3, 0.4) is 0 Å². The van der Waals surface area contributed by atoms with Crippen molar-refractivity contribution in [1.82, 2.24) is 0 Å². The zero-order valence-electron chi connectivity index (χ0n) is 16.7. The lowest BCUT2D eigenvalue weighted by Crippen LogP contribution is -2.29. The first kappa shape index (κ1) is 19.3. The molecular weight excluding hydrogens is 334 g/mol. The van der Waals surface area contributed by atoms with E-state index in [9.17, 15) is 4.79 Å². The van der Waals surface area contributed by atoms with Crippen LogP contribution in [0.4, 0.5) is 17.1 Å². The topological polar surface area (TPSA) is 44.4 Å². The number of carbonyl (C=O) groups excluding carboxylic acids is 1. The minimum absolute atomic E-state index is 0.0411. The number of piperidine rings is 1. The Morgan fingerprint density at radius 3 is 2.07 bits per heavy atom. The molecule has 1 fully saturated rings. The lowest BCUT2D eigenvalue weighted by Gasteiger charge is -2.28. The van der Waals surface area contributed by atoms with E-state index in [1.807, 2.05) is 24.3 Å². The Labute approximate surface area is 163 Å². The number of rotatable bonds is 5. The molecule has 0 aliphatic carbocycles. The molecule has 144 valence electrons. The first-order valence-electron chi connectivity index (χ1n) is 9.91. The van der Waals surface area contributed by atoms with E-state index in [0.29, 0.717) is 0 Å². The molecule has 3 rings (SSSR count). The largest absolute Gasteiger partial charge is 0.376 e. The van der Waals surface area contributed by atoms with Crippen LogP contribution in [0.1, 0.15) is 45.6 Å². The summed E-state index contributed by atoms with van der Waals surface area (Å²) in [5.74, 6) is -0.0411. The minimum atomic E-state index is -0.0411. The number of hydrogen-bond donors (Lipinski definition) is 2. The van der Waals surface area contributed by atoms with Crippen LogP contribution >= 0.6 is 0 Å². The van der Waals surface area contributed by atoms with Crippen molar-refractivity contribution in [3.8, 4) is 0 Å². The molecule has 2 aromatic carbocycles. The van der Waals surface area contributed by atoms with Gasteiger partial charge in [0.2, 0.25) is 5.91 Å². The molecule has 2 N–H and O–H groups in total. The Morgan fingerprint density at radius 2 is 1.48 bits per heavy atom. The molecular formula is C23H31N3O. The van der Waals surface area contributed by atoms with E-state index in [0.717, 1.165) is 24.5 Å². The molecule has 1 amide bonds. The zero-order valence-corrected chi connectivity index (χ0v) is 16.7. The molecule has 1 saturated heterocycles. The third-order valence-electron chi connectivity index (χ3n) is 5.08. The predicted molar refractivity (Wildman–Crippen MR) is 115 cm³/mol. The average Bonchev–Trinajstić information content (AvgIpc) is 2.67. The maximum absolute atomic E-state index is 12.2. The van der Waals surface area contributed by atoms with Gasteiger partial charge in [-0.1, -0.05) is 32.9 Å². The van der Waals surface area contributed by atoms with E-state index in [-0.39, 0.29) is 17.9 Å². The summed E-state index contributed by atoms with van der Waals surface area (Å²) in [7, 11) is 0. The highest BCUT2D eigenvalue weighted by Gasteiger charge is 2.13. The fourth-order valence-electron chi connectivity index (χ4n) is 3.38. The standard InChI is InChI=1S/C23H31N3O/c1-23(2,3)18-7-9-19(10-8-18)24-17-22(27)25-20-11-13-21(14-12-20)26-15-5-4-6-16-26/h7-14,24H,4-6,15-17H2,1-3H3,(H,25,27). The van der Waals surface area contributed by atoms with Crippen molar-refractivity contribution in [3.63, 3.8) is 0 Å². The number of nitrogens with zero attached hydrogens (tertiary/aromatic N) is 1. The molecule has 0 saturated carbocycles. The summed E-state index contributed by atoms with van der Waals surface area (Å²) >= 11 is 0.